The summed E-state index contributed by atoms with van der Waals surface area (Å²) in [6, 6.07) is 31.8. The minimum Gasteiger partial charge on any atom is -0.147 e. The van der Waals surface area contributed by atoms with Gasteiger partial charge < -0.3 is 0 Å². The van der Waals surface area contributed by atoms with Crippen molar-refractivity contribution in [3.63, 3.8) is 0 Å². The molecule has 3 aromatic carbocycles. The normalized spacial score (nSPS) is 15.6. The number of rotatable bonds is 4. The van der Waals surface area contributed by atoms with E-state index in [1.54, 1.807) is 19.3 Å². The van der Waals surface area contributed by atoms with E-state index in [-0.39, 0.29) is 24.8 Å². The van der Waals surface area contributed by atoms with Crippen LogP contribution in [0.4, 0.5) is 0 Å². The van der Waals surface area contributed by atoms with Crippen LogP contribution in [-0.4, -0.2) is 5.49 Å². The summed E-state index contributed by atoms with van der Waals surface area (Å²) in [7, 11) is 0. The number of fused-ring (bicyclic) bond motifs is 1. The molecule has 4 heteroatoms. The fraction of sp³-hybridized carbons (Fsp3) is 0.0769. The molecule has 5 rings (SSSR count). The van der Waals surface area contributed by atoms with Crippen molar-refractivity contribution in [2.45, 2.75) is 10.1 Å². The second-order valence-electron chi connectivity index (χ2n) is 7.31. The number of hydrogen-bond donors (Lipinski definition) is 0. The third kappa shape index (κ3) is 4.57. The summed E-state index contributed by atoms with van der Waals surface area (Å²) in [6.07, 6.45) is 13.2. The Morgan fingerprint density at radius 3 is 1.93 bits per heavy atom. The Morgan fingerprint density at radius 2 is 1.33 bits per heavy atom. The first-order chi connectivity index (χ1) is 13.9. The standard InChI is InChI=1S/C12H10Si.C9H7.C5H5.2ClH.Hf/c1-3-7-11(8-4-1)13-12-9-5-2-6-10-12;1-2-5-9-7-3-6-8(9)4-1;1-2-4-5-3-1;;;/h1-10H;1-7H;1-3H,4H2;2*1H;. The van der Waals surface area contributed by atoms with Gasteiger partial charge in [0.25, 0.3) is 0 Å². The van der Waals surface area contributed by atoms with Crippen molar-refractivity contribution in [2.75, 3.05) is 0 Å². The van der Waals surface area contributed by atoms with Gasteiger partial charge >= 0.3 is 176 Å². The summed E-state index contributed by atoms with van der Waals surface area (Å²) in [5, 5.41) is 3.18. The molecule has 0 fully saturated rings. The maximum absolute atomic E-state index is 2.54. The minimum absolute atomic E-state index is 0. The van der Waals surface area contributed by atoms with E-state index in [4.69, 9.17) is 0 Å². The fourth-order valence-electron chi connectivity index (χ4n) is 4.35. The van der Waals surface area contributed by atoms with E-state index in [2.05, 4.69) is 115 Å². The second-order valence-corrected chi connectivity index (χ2v) is 26.5. The van der Waals surface area contributed by atoms with Gasteiger partial charge in [0.1, 0.15) is 0 Å². The van der Waals surface area contributed by atoms with E-state index in [0.29, 0.717) is 3.67 Å². The molecule has 2 aliphatic carbocycles. The number of hydrogen-bond acceptors (Lipinski definition) is 0. The Kier molecular flexibility index (Phi) is 8.30. The van der Waals surface area contributed by atoms with E-state index in [9.17, 15) is 0 Å². The molecule has 0 saturated carbocycles. The van der Waals surface area contributed by atoms with Gasteiger partial charge in [0.15, 0.2) is 0 Å². The maximum atomic E-state index is 2.54. The largest absolute Gasteiger partial charge is 0.147 e. The molecule has 0 nitrogen and oxygen atoms in total. The Morgan fingerprint density at radius 1 is 0.733 bits per heavy atom. The SMILES string of the molecule is C1=CC[C]([Hf]([CH]2C=Cc3ccccc32)=[Si](c2ccccc2)c2ccccc2)=C1.Cl.Cl. The predicted octanol–water partition coefficient (Wildman–Crippen LogP) is 5.87. The summed E-state index contributed by atoms with van der Waals surface area (Å²) in [4.78, 5) is 0. The van der Waals surface area contributed by atoms with Gasteiger partial charge in [-0.05, 0) is 0 Å². The molecule has 1 atom stereocenters. The summed E-state index contributed by atoms with van der Waals surface area (Å²) >= 11 is -2.31. The van der Waals surface area contributed by atoms with Crippen molar-refractivity contribution in [2.24, 2.45) is 0 Å². The zero-order valence-corrected chi connectivity index (χ0v) is 22.8. The van der Waals surface area contributed by atoms with Gasteiger partial charge in [0.05, 0.1) is 0 Å². The minimum atomic E-state index is -2.31. The molecule has 2 aliphatic rings. The molecular formula is C26H24Cl2HfSi. The first kappa shape index (κ1) is 23.2. The summed E-state index contributed by atoms with van der Waals surface area (Å²) < 4.78 is 2.44. The molecule has 0 heterocycles. The van der Waals surface area contributed by atoms with Crippen molar-refractivity contribution in [1.29, 1.82) is 0 Å². The molecule has 3 aromatic rings. The molecule has 0 aliphatic heterocycles. The Balaban J connectivity index is 0.00000128. The van der Waals surface area contributed by atoms with Gasteiger partial charge in [-0.1, -0.05) is 0 Å². The van der Waals surface area contributed by atoms with Crippen LogP contribution >= 0.6 is 24.8 Å². The van der Waals surface area contributed by atoms with Gasteiger partial charge in [0, 0.05) is 0 Å². The van der Waals surface area contributed by atoms with Crippen LogP contribution in [0.15, 0.2) is 113 Å². The average molecular weight is 614 g/mol. The van der Waals surface area contributed by atoms with Crippen LogP contribution in [0.5, 0.6) is 0 Å². The number of allylic oxidation sites excluding steroid dienone is 5. The van der Waals surface area contributed by atoms with E-state index in [1.807, 2.05) is 0 Å². The zero-order valence-electron chi connectivity index (χ0n) is 16.6. The van der Waals surface area contributed by atoms with Crippen LogP contribution in [-0.2, 0) is 20.1 Å². The molecule has 0 bridgehead atoms. The quantitative estimate of drug-likeness (QED) is 0.323. The van der Waals surface area contributed by atoms with Crippen molar-refractivity contribution in [3.8, 4) is 0 Å². The van der Waals surface area contributed by atoms with Gasteiger partial charge in [-0.25, -0.2) is 0 Å². The van der Waals surface area contributed by atoms with E-state index >= 15 is 0 Å². The van der Waals surface area contributed by atoms with Gasteiger partial charge in [-0.15, -0.1) is 24.8 Å². The molecule has 0 amide bonds. The van der Waals surface area contributed by atoms with Crippen LogP contribution in [0.1, 0.15) is 21.2 Å². The van der Waals surface area contributed by atoms with E-state index in [0.717, 1.165) is 0 Å². The Labute approximate surface area is 199 Å². The molecule has 0 spiro atoms. The second kappa shape index (κ2) is 10.7. The Bertz CT molecular complexity index is 1090. The van der Waals surface area contributed by atoms with Crippen molar-refractivity contribution in [3.05, 3.63) is 124 Å². The van der Waals surface area contributed by atoms with Gasteiger partial charge in [-0.3, -0.25) is 0 Å². The Hall–Kier alpha value is -1.45. The average Bonchev–Trinajstić information content (AvgIpc) is 3.44. The third-order valence-corrected chi connectivity index (χ3v) is 33.0. The van der Waals surface area contributed by atoms with Crippen LogP contribution in [0.2, 0.25) is 0 Å². The van der Waals surface area contributed by atoms with Gasteiger partial charge in [-0.2, -0.15) is 0 Å². The van der Waals surface area contributed by atoms with Crippen molar-refractivity contribution in [1.82, 2.24) is 0 Å². The molecule has 150 valence electrons. The summed E-state index contributed by atoms with van der Waals surface area (Å²) in [5.74, 6) is 0. The zero-order chi connectivity index (χ0) is 18.8. The van der Waals surface area contributed by atoms with Crippen LogP contribution in [0.3, 0.4) is 0 Å². The molecule has 30 heavy (non-hydrogen) atoms. The topological polar surface area (TPSA) is 0 Å². The summed E-state index contributed by atoms with van der Waals surface area (Å²) in [5.41, 5.74) is 2.22. The monoisotopic (exact) mass is 614 g/mol. The smallest absolute Gasteiger partial charge is 0.147 e. The van der Waals surface area contributed by atoms with E-state index in [1.165, 1.54) is 12.0 Å². The van der Waals surface area contributed by atoms with Crippen LogP contribution in [0, 0.1) is 0 Å². The van der Waals surface area contributed by atoms with E-state index < -0.39 is 25.6 Å². The number of benzene rings is 3. The van der Waals surface area contributed by atoms with Crippen LogP contribution < -0.4 is 10.4 Å². The molecule has 0 saturated heterocycles. The van der Waals surface area contributed by atoms with Crippen molar-refractivity contribution >= 4 is 46.8 Å². The first-order valence-electron chi connectivity index (χ1n) is 9.90. The molecule has 0 radical (unpaired) electrons. The fourth-order valence-corrected chi connectivity index (χ4v) is 34.4. The predicted molar refractivity (Wildman–Crippen MR) is 132 cm³/mol. The van der Waals surface area contributed by atoms with Gasteiger partial charge in [0.2, 0.25) is 0 Å². The molecule has 0 N–H and O–H groups in total. The molecule has 1 unspecified atom stereocenters. The third-order valence-electron chi connectivity index (χ3n) is 5.62. The van der Waals surface area contributed by atoms with Crippen molar-refractivity contribution < 1.29 is 20.1 Å². The summed E-state index contributed by atoms with van der Waals surface area (Å²) in [6.45, 7) is 0. The molecule has 0 aromatic heterocycles. The number of halogens is 2. The first-order valence-corrected chi connectivity index (χ1v) is 20.7. The van der Waals surface area contributed by atoms with Crippen LogP contribution in [0.25, 0.3) is 6.08 Å². The maximum Gasteiger partial charge on any atom is -0.147 e. The molecular weight excluding hydrogens is 590 g/mol.